The molecule has 2 heterocycles. The van der Waals surface area contributed by atoms with Crippen LogP contribution in [0.5, 0.6) is 0 Å². The zero-order valence-electron chi connectivity index (χ0n) is 16.1. The summed E-state index contributed by atoms with van der Waals surface area (Å²) >= 11 is 5.85. The van der Waals surface area contributed by atoms with Crippen LogP contribution in [0.25, 0.3) is 0 Å². The van der Waals surface area contributed by atoms with Crippen LogP contribution in [0, 0.1) is 5.41 Å². The molecule has 32 heavy (non-hydrogen) atoms. The highest BCUT2D eigenvalue weighted by Crippen LogP contribution is 2.21. The number of amidine groups is 1. The van der Waals surface area contributed by atoms with Crippen molar-refractivity contribution in [1.29, 1.82) is 5.41 Å². The van der Waals surface area contributed by atoms with Crippen LogP contribution in [0.4, 0.5) is 17.2 Å². The van der Waals surface area contributed by atoms with Crippen LogP contribution in [0.1, 0.15) is 28.3 Å². The van der Waals surface area contributed by atoms with Gasteiger partial charge < -0.3 is 15.4 Å². The predicted octanol–water partition coefficient (Wildman–Crippen LogP) is 4.04. The number of carbonyl (C=O) groups excluding carboxylic acids is 2. The highest BCUT2D eigenvalue weighted by Gasteiger charge is 2.21. The van der Waals surface area contributed by atoms with Crippen molar-refractivity contribution in [2.45, 2.75) is 7.43 Å². The van der Waals surface area contributed by atoms with E-state index in [2.05, 4.69) is 20.6 Å². The molecule has 2 aromatic carbocycles. The number of nitrogens with zero attached hydrogens (tertiary/aromatic N) is 3. The van der Waals surface area contributed by atoms with Gasteiger partial charge >= 0.3 is 0 Å². The molecular weight excluding hydrogens is 432 g/mol. The number of amides is 2. The summed E-state index contributed by atoms with van der Waals surface area (Å²) in [5.74, 6) is -0.922. The number of hydrogen-bond donors (Lipinski definition) is 3. The van der Waals surface area contributed by atoms with E-state index in [1.165, 1.54) is 12.4 Å². The molecule has 3 aromatic rings. The lowest BCUT2D eigenvalue weighted by molar-refractivity contribution is 0.102. The van der Waals surface area contributed by atoms with Crippen LogP contribution >= 0.6 is 11.6 Å². The summed E-state index contributed by atoms with van der Waals surface area (Å²) in [5.41, 5.74) is 1.66. The van der Waals surface area contributed by atoms with Crippen molar-refractivity contribution in [3.63, 3.8) is 0 Å². The van der Waals surface area contributed by atoms with E-state index in [0.29, 0.717) is 29.4 Å². The largest absolute Gasteiger partial charge is 0.463 e. The van der Waals surface area contributed by atoms with E-state index in [-0.39, 0.29) is 25.0 Å². The Kier molecular flexibility index (Phi) is 7.01. The SMILES string of the molecule is C.N=C1OCCN1c1ccc(NC(=O)c2nccnc2NC(=O)c2ccc(Cl)cc2)cc1. The minimum Gasteiger partial charge on any atom is -0.463 e. The molecule has 9 nitrogen and oxygen atoms in total. The molecule has 0 aliphatic carbocycles. The molecule has 10 heteroatoms. The Morgan fingerprint density at radius 1 is 0.969 bits per heavy atom. The van der Waals surface area contributed by atoms with Crippen molar-refractivity contribution in [2.75, 3.05) is 28.7 Å². The van der Waals surface area contributed by atoms with Crippen molar-refractivity contribution in [2.24, 2.45) is 0 Å². The van der Waals surface area contributed by atoms with Crippen molar-refractivity contribution in [1.82, 2.24) is 9.97 Å². The second kappa shape index (κ2) is 9.88. The smallest absolute Gasteiger partial charge is 0.289 e. The van der Waals surface area contributed by atoms with E-state index in [0.717, 1.165) is 5.69 Å². The lowest BCUT2D eigenvalue weighted by Crippen LogP contribution is -2.24. The molecule has 1 aromatic heterocycles. The van der Waals surface area contributed by atoms with Gasteiger partial charge in [0, 0.05) is 34.4 Å². The molecule has 1 aliphatic heterocycles. The van der Waals surface area contributed by atoms with E-state index in [1.54, 1.807) is 53.4 Å². The van der Waals surface area contributed by atoms with E-state index >= 15 is 0 Å². The Balaban J connectivity index is 0.00000289. The third kappa shape index (κ3) is 5.01. The molecule has 2 amide bonds. The molecule has 1 aliphatic rings. The third-order valence-electron chi connectivity index (χ3n) is 4.49. The maximum Gasteiger partial charge on any atom is 0.289 e. The molecular formula is C22H21ClN6O3. The first-order valence-electron chi connectivity index (χ1n) is 9.29. The van der Waals surface area contributed by atoms with Gasteiger partial charge in [-0.25, -0.2) is 9.97 Å². The zero-order chi connectivity index (χ0) is 21.8. The van der Waals surface area contributed by atoms with E-state index < -0.39 is 11.8 Å². The standard InChI is InChI=1S/C21H17ClN6O3.CH4/c22-14-3-1-13(2-4-14)19(29)27-18-17(24-9-10-25-18)20(30)26-15-5-7-16(8-6-15)28-11-12-31-21(28)23;/h1-10,23H,11-12H2,(H,26,30)(H,25,27,29);1H4. The quantitative estimate of drug-likeness (QED) is 0.537. The molecule has 164 valence electrons. The first kappa shape index (κ1) is 22.7. The lowest BCUT2D eigenvalue weighted by Gasteiger charge is -2.15. The van der Waals surface area contributed by atoms with E-state index in [9.17, 15) is 9.59 Å². The highest BCUT2D eigenvalue weighted by atomic mass is 35.5. The maximum atomic E-state index is 12.7. The summed E-state index contributed by atoms with van der Waals surface area (Å²) in [6.07, 6.45) is 2.76. The van der Waals surface area contributed by atoms with Crippen LogP contribution in [-0.2, 0) is 4.74 Å². The Labute approximate surface area is 189 Å². The number of halogens is 1. The molecule has 3 N–H and O–H groups in total. The fourth-order valence-electron chi connectivity index (χ4n) is 2.95. The van der Waals surface area contributed by atoms with Gasteiger partial charge in [-0.1, -0.05) is 19.0 Å². The average molecular weight is 453 g/mol. The third-order valence-corrected chi connectivity index (χ3v) is 4.74. The molecule has 1 fully saturated rings. The van der Waals surface area contributed by atoms with Gasteiger partial charge in [0.25, 0.3) is 17.8 Å². The van der Waals surface area contributed by atoms with Gasteiger partial charge in [-0.3, -0.25) is 19.9 Å². The van der Waals surface area contributed by atoms with Crippen LogP contribution in [-0.4, -0.2) is 41.0 Å². The monoisotopic (exact) mass is 452 g/mol. The molecule has 0 bridgehead atoms. The second-order valence-corrected chi connectivity index (χ2v) is 6.96. The Morgan fingerprint density at radius 3 is 2.31 bits per heavy atom. The van der Waals surface area contributed by atoms with Crippen LogP contribution in [0.15, 0.2) is 60.9 Å². The topological polar surface area (TPSA) is 120 Å². The van der Waals surface area contributed by atoms with E-state index in [4.69, 9.17) is 21.7 Å². The minimum absolute atomic E-state index is 0. The van der Waals surface area contributed by atoms with Crippen molar-refractivity contribution < 1.29 is 14.3 Å². The van der Waals surface area contributed by atoms with Crippen LogP contribution in [0.2, 0.25) is 5.02 Å². The molecule has 0 radical (unpaired) electrons. The predicted molar refractivity (Wildman–Crippen MR) is 124 cm³/mol. The second-order valence-electron chi connectivity index (χ2n) is 6.52. The fourth-order valence-corrected chi connectivity index (χ4v) is 3.08. The average Bonchev–Trinajstić information content (AvgIpc) is 3.21. The summed E-state index contributed by atoms with van der Waals surface area (Å²) in [5, 5.41) is 13.6. The number of ether oxygens (including phenoxy) is 1. The Morgan fingerprint density at radius 2 is 1.66 bits per heavy atom. The molecule has 0 unspecified atom stereocenters. The van der Waals surface area contributed by atoms with Gasteiger partial charge in [-0.15, -0.1) is 0 Å². The first-order chi connectivity index (χ1) is 15.0. The van der Waals surface area contributed by atoms with Gasteiger partial charge in [0.1, 0.15) is 6.61 Å². The summed E-state index contributed by atoms with van der Waals surface area (Å²) < 4.78 is 5.14. The van der Waals surface area contributed by atoms with Gasteiger partial charge in [0.05, 0.1) is 6.54 Å². The molecule has 4 rings (SSSR count). The number of benzene rings is 2. The normalized spacial score (nSPS) is 12.5. The Hall–Kier alpha value is -3.98. The van der Waals surface area contributed by atoms with Gasteiger partial charge in [0.2, 0.25) is 0 Å². The number of anilines is 3. The van der Waals surface area contributed by atoms with Crippen LogP contribution < -0.4 is 15.5 Å². The Bertz CT molecular complexity index is 1140. The van der Waals surface area contributed by atoms with Crippen molar-refractivity contribution in [3.05, 3.63) is 77.2 Å². The lowest BCUT2D eigenvalue weighted by atomic mass is 10.2. The highest BCUT2D eigenvalue weighted by molar-refractivity contribution is 6.30. The van der Waals surface area contributed by atoms with Gasteiger partial charge in [-0.2, -0.15) is 0 Å². The minimum atomic E-state index is -0.524. The zero-order valence-corrected chi connectivity index (χ0v) is 16.9. The van der Waals surface area contributed by atoms with Crippen molar-refractivity contribution in [3.8, 4) is 0 Å². The number of hydrogen-bond acceptors (Lipinski definition) is 6. The summed E-state index contributed by atoms with van der Waals surface area (Å²) in [6.45, 7) is 1.06. The van der Waals surface area contributed by atoms with Crippen LogP contribution in [0.3, 0.4) is 0 Å². The molecule has 0 saturated carbocycles. The first-order valence-corrected chi connectivity index (χ1v) is 9.67. The van der Waals surface area contributed by atoms with Gasteiger partial charge in [-0.05, 0) is 48.5 Å². The summed E-state index contributed by atoms with van der Waals surface area (Å²) in [6, 6.07) is 13.4. The number of aromatic nitrogens is 2. The molecule has 1 saturated heterocycles. The van der Waals surface area contributed by atoms with Gasteiger partial charge in [0.15, 0.2) is 11.5 Å². The maximum absolute atomic E-state index is 12.7. The molecule has 0 atom stereocenters. The summed E-state index contributed by atoms with van der Waals surface area (Å²) in [4.78, 5) is 35.1. The number of rotatable bonds is 5. The van der Waals surface area contributed by atoms with E-state index in [1.807, 2.05) is 0 Å². The van der Waals surface area contributed by atoms with Crippen molar-refractivity contribution >= 4 is 46.6 Å². The molecule has 0 spiro atoms. The summed E-state index contributed by atoms with van der Waals surface area (Å²) in [7, 11) is 0. The number of nitrogens with one attached hydrogen (secondary N) is 3. The fraction of sp³-hybridized carbons (Fsp3) is 0.136. The number of carbonyl (C=O) groups is 2.